The van der Waals surface area contributed by atoms with E-state index >= 15 is 0 Å². The fourth-order valence-electron chi connectivity index (χ4n) is 3.86. The molecule has 1 aromatic heterocycles. The van der Waals surface area contributed by atoms with E-state index in [1.807, 2.05) is 39.0 Å². The predicted octanol–water partition coefficient (Wildman–Crippen LogP) is 3.42. The lowest BCUT2D eigenvalue weighted by Gasteiger charge is -2.19. The van der Waals surface area contributed by atoms with Crippen molar-refractivity contribution in [3.8, 4) is 11.5 Å². The molecule has 1 heterocycles. The minimum Gasteiger partial charge on any atom is -0.493 e. The fraction of sp³-hybridized carbons (Fsp3) is 0.346. The third kappa shape index (κ3) is 5.39. The van der Waals surface area contributed by atoms with E-state index in [4.69, 9.17) is 9.47 Å². The summed E-state index contributed by atoms with van der Waals surface area (Å²) in [6.07, 6.45) is 1.59. The number of Topliss-reactive ketones (excluding diaryl/α,β-unsaturated/α-hetero) is 1. The van der Waals surface area contributed by atoms with Gasteiger partial charge in [0.05, 0.1) is 19.3 Å². The van der Waals surface area contributed by atoms with Gasteiger partial charge in [-0.3, -0.25) is 14.4 Å². The van der Waals surface area contributed by atoms with E-state index in [1.165, 1.54) is 0 Å². The van der Waals surface area contributed by atoms with Crippen LogP contribution in [0, 0.1) is 0 Å². The number of amides is 2. The Morgan fingerprint density at radius 1 is 1.00 bits per heavy atom. The fourth-order valence-corrected chi connectivity index (χ4v) is 3.86. The van der Waals surface area contributed by atoms with Crippen molar-refractivity contribution in [1.82, 2.24) is 14.8 Å². The summed E-state index contributed by atoms with van der Waals surface area (Å²) in [4.78, 5) is 40.1. The van der Waals surface area contributed by atoms with Gasteiger partial charge in [0.2, 0.25) is 5.91 Å². The van der Waals surface area contributed by atoms with Crippen LogP contribution in [0.3, 0.4) is 0 Å². The SMILES string of the molecule is CCOc1ccc(CNC(=O)C(=O)c2cn(CC(=O)N(CC)CC)c3ccccc23)cc1OC. The smallest absolute Gasteiger partial charge is 0.292 e. The summed E-state index contributed by atoms with van der Waals surface area (Å²) < 4.78 is 12.6. The lowest BCUT2D eigenvalue weighted by atomic mass is 10.1. The first-order valence-corrected chi connectivity index (χ1v) is 11.4. The Kier molecular flexibility index (Phi) is 8.29. The molecule has 0 aliphatic carbocycles. The lowest BCUT2D eigenvalue weighted by molar-refractivity contribution is -0.131. The first kappa shape index (κ1) is 24.8. The first-order chi connectivity index (χ1) is 16.4. The number of carbonyl (C=O) groups is 3. The van der Waals surface area contributed by atoms with Gasteiger partial charge >= 0.3 is 0 Å². The van der Waals surface area contributed by atoms with Crippen LogP contribution >= 0.6 is 0 Å². The van der Waals surface area contributed by atoms with Gasteiger partial charge in [-0.2, -0.15) is 0 Å². The average Bonchev–Trinajstić information content (AvgIpc) is 3.21. The maximum atomic E-state index is 13.0. The van der Waals surface area contributed by atoms with Gasteiger partial charge in [0.1, 0.15) is 6.54 Å². The topological polar surface area (TPSA) is 89.9 Å². The summed E-state index contributed by atoms with van der Waals surface area (Å²) in [5, 5.41) is 3.32. The molecule has 0 saturated heterocycles. The molecule has 180 valence electrons. The van der Waals surface area contributed by atoms with Gasteiger partial charge in [0.25, 0.3) is 11.7 Å². The van der Waals surface area contributed by atoms with E-state index in [0.717, 1.165) is 11.1 Å². The van der Waals surface area contributed by atoms with Gasteiger partial charge in [-0.05, 0) is 44.5 Å². The summed E-state index contributed by atoms with van der Waals surface area (Å²) in [6, 6.07) is 12.6. The number of ketones is 1. The van der Waals surface area contributed by atoms with Crippen LogP contribution in [0.5, 0.6) is 11.5 Å². The average molecular weight is 466 g/mol. The second-order valence-corrected chi connectivity index (χ2v) is 7.68. The Hall–Kier alpha value is -3.81. The molecule has 0 fully saturated rings. The van der Waals surface area contributed by atoms with Crippen molar-refractivity contribution in [3.05, 3.63) is 59.8 Å². The van der Waals surface area contributed by atoms with E-state index in [1.54, 1.807) is 47.0 Å². The summed E-state index contributed by atoms with van der Waals surface area (Å²) in [5.74, 6) is -0.239. The molecule has 8 nitrogen and oxygen atoms in total. The van der Waals surface area contributed by atoms with Crippen LogP contribution in [0.25, 0.3) is 10.9 Å². The van der Waals surface area contributed by atoms with Crippen molar-refractivity contribution in [2.75, 3.05) is 26.8 Å². The van der Waals surface area contributed by atoms with Gasteiger partial charge < -0.3 is 24.3 Å². The largest absolute Gasteiger partial charge is 0.493 e. The molecule has 0 saturated carbocycles. The quantitative estimate of drug-likeness (QED) is 0.346. The molecule has 34 heavy (non-hydrogen) atoms. The summed E-state index contributed by atoms with van der Waals surface area (Å²) in [7, 11) is 1.55. The molecule has 0 radical (unpaired) electrons. The van der Waals surface area contributed by atoms with Crippen LogP contribution in [0.2, 0.25) is 0 Å². The molecule has 0 spiro atoms. The van der Waals surface area contributed by atoms with Crippen LogP contribution in [0.15, 0.2) is 48.7 Å². The van der Waals surface area contributed by atoms with E-state index < -0.39 is 11.7 Å². The van der Waals surface area contributed by atoms with Crippen LogP contribution in [-0.4, -0.2) is 53.9 Å². The normalized spacial score (nSPS) is 10.7. The Morgan fingerprint density at radius 3 is 2.41 bits per heavy atom. The molecule has 3 aromatic rings. The molecule has 0 unspecified atom stereocenters. The third-order valence-corrected chi connectivity index (χ3v) is 5.64. The maximum Gasteiger partial charge on any atom is 0.292 e. The van der Waals surface area contributed by atoms with Crippen molar-refractivity contribution in [2.24, 2.45) is 0 Å². The number of benzene rings is 2. The van der Waals surface area contributed by atoms with E-state index in [0.29, 0.717) is 36.6 Å². The Labute approximate surface area is 199 Å². The Bertz CT molecular complexity index is 1180. The van der Waals surface area contributed by atoms with Gasteiger partial charge in [-0.25, -0.2) is 0 Å². The minimum absolute atomic E-state index is 0.0429. The summed E-state index contributed by atoms with van der Waals surface area (Å²) in [5.41, 5.74) is 1.77. The molecule has 2 aromatic carbocycles. The van der Waals surface area contributed by atoms with E-state index in [2.05, 4.69) is 5.32 Å². The number of likely N-dealkylation sites (N-methyl/N-ethyl adjacent to an activating group) is 1. The van der Waals surface area contributed by atoms with Crippen molar-refractivity contribution < 1.29 is 23.9 Å². The lowest BCUT2D eigenvalue weighted by Crippen LogP contribution is -2.33. The maximum absolute atomic E-state index is 13.0. The number of hydrogen-bond acceptors (Lipinski definition) is 5. The number of rotatable bonds is 11. The van der Waals surface area contributed by atoms with E-state index in [-0.39, 0.29) is 24.6 Å². The number of nitrogens with one attached hydrogen (secondary N) is 1. The number of carbonyl (C=O) groups excluding carboxylic acids is 3. The van der Waals surface area contributed by atoms with Crippen LogP contribution in [-0.2, 0) is 22.7 Å². The molecular formula is C26H31N3O5. The molecule has 0 aliphatic heterocycles. The van der Waals surface area contributed by atoms with Gasteiger partial charge in [0.15, 0.2) is 11.5 Å². The highest BCUT2D eigenvalue weighted by atomic mass is 16.5. The van der Waals surface area contributed by atoms with Crippen LogP contribution in [0.4, 0.5) is 0 Å². The van der Waals surface area contributed by atoms with Crippen LogP contribution in [0.1, 0.15) is 36.7 Å². The monoisotopic (exact) mass is 465 g/mol. The second-order valence-electron chi connectivity index (χ2n) is 7.68. The highest BCUT2D eigenvalue weighted by Gasteiger charge is 2.23. The Balaban J connectivity index is 1.77. The molecule has 2 amide bonds. The molecule has 0 aliphatic rings. The standard InChI is InChI=1S/C26H31N3O5/c1-5-28(6-2)24(30)17-29-16-20(19-10-8-9-11-21(19)29)25(31)26(32)27-15-18-12-13-22(34-7-3)23(14-18)33-4/h8-14,16H,5-7,15,17H2,1-4H3,(H,27,32). The number of ether oxygens (including phenoxy) is 2. The molecule has 8 heteroatoms. The highest BCUT2D eigenvalue weighted by molar-refractivity contribution is 6.45. The number of methoxy groups -OCH3 is 1. The Morgan fingerprint density at radius 2 is 1.74 bits per heavy atom. The highest BCUT2D eigenvalue weighted by Crippen LogP contribution is 2.28. The third-order valence-electron chi connectivity index (χ3n) is 5.64. The predicted molar refractivity (Wildman–Crippen MR) is 130 cm³/mol. The molecule has 3 rings (SSSR count). The van der Waals surface area contributed by atoms with Gasteiger partial charge in [0, 0.05) is 36.7 Å². The number of aromatic nitrogens is 1. The minimum atomic E-state index is -0.717. The van der Waals surface area contributed by atoms with Crippen molar-refractivity contribution in [1.29, 1.82) is 0 Å². The van der Waals surface area contributed by atoms with Crippen molar-refractivity contribution in [2.45, 2.75) is 33.9 Å². The number of para-hydroxylation sites is 1. The van der Waals surface area contributed by atoms with Gasteiger partial charge in [-0.15, -0.1) is 0 Å². The van der Waals surface area contributed by atoms with E-state index in [9.17, 15) is 14.4 Å². The van der Waals surface area contributed by atoms with Crippen molar-refractivity contribution in [3.63, 3.8) is 0 Å². The first-order valence-electron chi connectivity index (χ1n) is 11.4. The molecule has 1 N–H and O–H groups in total. The zero-order chi connectivity index (χ0) is 24.7. The van der Waals surface area contributed by atoms with Gasteiger partial charge in [-0.1, -0.05) is 24.3 Å². The number of hydrogen-bond donors (Lipinski definition) is 1. The zero-order valence-corrected chi connectivity index (χ0v) is 20.1. The van der Waals surface area contributed by atoms with Crippen molar-refractivity contribution >= 4 is 28.5 Å². The molecule has 0 atom stereocenters. The zero-order valence-electron chi connectivity index (χ0n) is 20.1. The summed E-state index contributed by atoms with van der Waals surface area (Å²) >= 11 is 0. The molecular weight excluding hydrogens is 434 g/mol. The number of fused-ring (bicyclic) bond motifs is 1. The number of nitrogens with zero attached hydrogens (tertiary/aromatic N) is 2. The second kappa shape index (κ2) is 11.4. The van der Waals surface area contributed by atoms with Crippen LogP contribution < -0.4 is 14.8 Å². The summed E-state index contributed by atoms with van der Waals surface area (Å²) in [6.45, 7) is 7.72. The molecule has 0 bridgehead atoms.